The maximum Gasteiger partial charge on any atom is 0.361 e. The second-order valence-electron chi connectivity index (χ2n) is 11.7. The number of halogens is 3. The molecule has 4 heterocycles. The summed E-state index contributed by atoms with van der Waals surface area (Å²) in [7, 11) is -7.08. The summed E-state index contributed by atoms with van der Waals surface area (Å²) in [4.78, 5) is 20.3. The molecule has 0 spiro atoms. The molecule has 0 aliphatic carbocycles. The van der Waals surface area contributed by atoms with Gasteiger partial charge in [-0.1, -0.05) is 37.2 Å². The van der Waals surface area contributed by atoms with Crippen LogP contribution in [0.2, 0.25) is 18.1 Å². The van der Waals surface area contributed by atoms with Crippen molar-refractivity contribution in [1.29, 1.82) is 0 Å². The van der Waals surface area contributed by atoms with E-state index in [0.717, 1.165) is 6.42 Å². The van der Waals surface area contributed by atoms with E-state index < -0.39 is 35.2 Å². The smallest absolute Gasteiger partial charge is 0.361 e. The first-order valence-corrected chi connectivity index (χ1v) is 17.8. The van der Waals surface area contributed by atoms with Crippen molar-refractivity contribution in [3.05, 3.63) is 60.3 Å². The molecule has 13 heteroatoms. The third kappa shape index (κ3) is 6.06. The van der Waals surface area contributed by atoms with Gasteiger partial charge in [-0.3, -0.25) is 4.79 Å². The number of anilines is 1. The molecule has 1 atom stereocenters. The highest BCUT2D eigenvalue weighted by atomic mass is 32.2. The molecular formula is C28H33F3N4O4SSi. The molecule has 5 rings (SSSR count). The molecule has 2 aliphatic heterocycles. The van der Waals surface area contributed by atoms with Gasteiger partial charge < -0.3 is 9.64 Å². The summed E-state index contributed by atoms with van der Waals surface area (Å²) < 4.78 is 72.8. The molecule has 2 aliphatic rings. The highest BCUT2D eigenvalue weighted by molar-refractivity contribution is 7.92. The maximum atomic E-state index is 13.5. The van der Waals surface area contributed by atoms with Gasteiger partial charge in [-0.25, -0.2) is 18.1 Å². The second-order valence-corrected chi connectivity index (χ2v) is 18.4. The van der Waals surface area contributed by atoms with Crippen LogP contribution < -0.4 is 9.64 Å². The number of alkyl halides is 3. The van der Waals surface area contributed by atoms with E-state index in [2.05, 4.69) is 25.9 Å². The molecule has 0 saturated carbocycles. The van der Waals surface area contributed by atoms with E-state index in [1.807, 2.05) is 4.90 Å². The summed E-state index contributed by atoms with van der Waals surface area (Å²) in [6.07, 6.45) is 2.45. The largest absolute Gasteiger partial charge is 0.477 e. The number of rotatable bonds is 10. The highest BCUT2D eigenvalue weighted by Crippen LogP contribution is 2.51. The number of carbonyl (C=O) groups excluding carboxylic acids is 1. The van der Waals surface area contributed by atoms with Crippen LogP contribution in [0.5, 0.6) is 5.88 Å². The lowest BCUT2D eigenvalue weighted by atomic mass is 9.97. The molecule has 1 aromatic carbocycles. The lowest BCUT2D eigenvalue weighted by Crippen LogP contribution is -2.40. The Hall–Kier alpha value is -3.19. The van der Waals surface area contributed by atoms with Gasteiger partial charge in [-0.15, -0.1) is 5.10 Å². The number of Topliss-reactive ketones (excluding diaryl/α,β-unsaturated/α-hetero) is 1. The van der Waals surface area contributed by atoms with E-state index >= 15 is 0 Å². The van der Waals surface area contributed by atoms with Crippen LogP contribution in [0.15, 0.2) is 59.6 Å². The topological polar surface area (TPSA) is 94.4 Å². The van der Waals surface area contributed by atoms with Crippen LogP contribution in [-0.2, 0) is 9.84 Å². The van der Waals surface area contributed by atoms with Crippen LogP contribution in [0.3, 0.4) is 0 Å². The fourth-order valence-electron chi connectivity index (χ4n) is 5.60. The fourth-order valence-corrected chi connectivity index (χ4v) is 9.89. The van der Waals surface area contributed by atoms with Gasteiger partial charge in [-0.05, 0) is 56.5 Å². The Bertz CT molecular complexity index is 1540. The number of ether oxygens (including phenoxy) is 1. The first kappa shape index (κ1) is 29.3. The van der Waals surface area contributed by atoms with Gasteiger partial charge in [0.1, 0.15) is 11.6 Å². The third-order valence-corrected chi connectivity index (χ3v) is 13.7. The predicted molar refractivity (Wildman–Crippen MR) is 151 cm³/mol. The number of ketones is 1. The molecule has 220 valence electrons. The van der Waals surface area contributed by atoms with Crippen molar-refractivity contribution in [1.82, 2.24) is 14.8 Å². The van der Waals surface area contributed by atoms with Crippen LogP contribution in [0, 0.1) is 5.92 Å². The van der Waals surface area contributed by atoms with Gasteiger partial charge in [0.25, 0.3) is 0 Å². The van der Waals surface area contributed by atoms with Crippen LogP contribution >= 0.6 is 0 Å². The normalized spacial score (nSPS) is 19.8. The van der Waals surface area contributed by atoms with Crippen LogP contribution in [0.4, 0.5) is 19.0 Å². The van der Waals surface area contributed by atoms with Gasteiger partial charge in [0.2, 0.25) is 5.88 Å². The second kappa shape index (κ2) is 10.6. The molecule has 0 unspecified atom stereocenters. The molecule has 8 nitrogen and oxygen atoms in total. The summed E-state index contributed by atoms with van der Waals surface area (Å²) in [5, 5.41) is 4.34. The Kier molecular flexibility index (Phi) is 7.56. The van der Waals surface area contributed by atoms with Gasteiger partial charge in [-0.2, -0.15) is 13.2 Å². The summed E-state index contributed by atoms with van der Waals surface area (Å²) in [6.45, 7) is 6.79. The van der Waals surface area contributed by atoms with Gasteiger partial charge >= 0.3 is 5.80 Å². The number of nitrogens with zero attached hydrogens (tertiary/aromatic N) is 4. The van der Waals surface area contributed by atoms with Crippen LogP contribution in [-0.4, -0.2) is 67.3 Å². The minimum Gasteiger partial charge on any atom is -0.477 e. The highest BCUT2D eigenvalue weighted by Gasteiger charge is 2.65. The number of benzene rings is 1. The molecule has 41 heavy (non-hydrogen) atoms. The van der Waals surface area contributed by atoms with Crippen molar-refractivity contribution in [3.8, 4) is 11.7 Å². The Morgan fingerprint density at radius 2 is 1.83 bits per heavy atom. The quantitative estimate of drug-likeness (QED) is 0.223. The summed E-state index contributed by atoms with van der Waals surface area (Å²) in [5.74, 6) is -4.11. The van der Waals surface area contributed by atoms with Crippen molar-refractivity contribution < 1.29 is 31.1 Å². The zero-order chi connectivity index (χ0) is 29.6. The molecule has 0 bridgehead atoms. The number of carbonyl (C=O) groups is 1. The standard InChI is InChI=1S/C28H33F3N4O4SSi/c1-20-17-27(2,3)34(18-20)26-22(23(36)19-40(37,38)21-7-5-4-6-8-21)9-10-24(32-26)35-12-11-25(33-35)39-13-14-41(15-16-41)28(29,30)31/h4-12,20H,13-19H2,1-3H3/t20-/m0/s1. The molecule has 2 fully saturated rings. The average Bonchev–Trinajstić information content (AvgIpc) is 3.47. The summed E-state index contributed by atoms with van der Waals surface area (Å²) >= 11 is 0. The van der Waals surface area contributed by atoms with E-state index in [-0.39, 0.29) is 46.6 Å². The van der Waals surface area contributed by atoms with Crippen LogP contribution in [0.25, 0.3) is 5.82 Å². The Balaban J connectivity index is 1.40. The van der Waals surface area contributed by atoms with Gasteiger partial charge in [0.05, 0.1) is 17.1 Å². The SMILES string of the molecule is C[C@@H]1CN(c2nc(-n3ccc(OCC[Si]4(C(F)(F)F)CC4)n3)ccc2C(=O)CS(=O)(=O)c2ccccc2)C(C)(C)C1. The molecule has 0 radical (unpaired) electrons. The van der Waals surface area contributed by atoms with Crippen molar-refractivity contribution in [3.63, 3.8) is 0 Å². The number of hydrogen-bond acceptors (Lipinski definition) is 7. The maximum absolute atomic E-state index is 13.5. The number of aromatic nitrogens is 3. The lowest BCUT2D eigenvalue weighted by Gasteiger charge is -2.34. The van der Waals surface area contributed by atoms with Crippen molar-refractivity contribution in [2.45, 2.75) is 61.6 Å². The van der Waals surface area contributed by atoms with Crippen molar-refractivity contribution in [2.24, 2.45) is 5.92 Å². The number of sulfone groups is 1. The molecular weight excluding hydrogens is 573 g/mol. The minimum atomic E-state index is -4.10. The van der Waals surface area contributed by atoms with Gasteiger partial charge in [0, 0.05) is 24.3 Å². The van der Waals surface area contributed by atoms with E-state index in [0.29, 0.717) is 24.1 Å². The summed E-state index contributed by atoms with van der Waals surface area (Å²) in [5.41, 5.74) is -0.136. The van der Waals surface area contributed by atoms with E-state index in [1.54, 1.807) is 42.6 Å². The summed E-state index contributed by atoms with van der Waals surface area (Å²) in [6, 6.07) is 13.1. The molecule has 0 amide bonds. The van der Waals surface area contributed by atoms with Crippen LogP contribution in [0.1, 0.15) is 37.6 Å². The first-order valence-electron chi connectivity index (χ1n) is 13.6. The fraction of sp³-hybridized carbons (Fsp3) is 0.464. The lowest BCUT2D eigenvalue weighted by molar-refractivity contribution is -0.0539. The first-order chi connectivity index (χ1) is 19.2. The van der Waals surface area contributed by atoms with Crippen molar-refractivity contribution >= 4 is 29.5 Å². The molecule has 2 saturated heterocycles. The predicted octanol–water partition coefficient (Wildman–Crippen LogP) is 5.49. The van der Waals surface area contributed by atoms with Gasteiger partial charge in [0.15, 0.2) is 29.5 Å². The average molecular weight is 607 g/mol. The van der Waals surface area contributed by atoms with E-state index in [9.17, 15) is 26.4 Å². The Morgan fingerprint density at radius 1 is 1.12 bits per heavy atom. The third-order valence-electron chi connectivity index (χ3n) is 8.00. The zero-order valence-corrected chi connectivity index (χ0v) is 25.0. The molecule has 2 aromatic heterocycles. The van der Waals surface area contributed by atoms with Crippen molar-refractivity contribution in [2.75, 3.05) is 23.8 Å². The monoisotopic (exact) mass is 606 g/mol. The van der Waals surface area contributed by atoms with E-state index in [1.165, 1.54) is 16.8 Å². The Labute approximate surface area is 238 Å². The Morgan fingerprint density at radius 3 is 2.44 bits per heavy atom. The molecule has 0 N–H and O–H groups in total. The minimum absolute atomic E-state index is 0.0106. The number of hydrogen-bond donors (Lipinski definition) is 0. The molecule has 3 aromatic rings. The number of pyridine rings is 1. The van der Waals surface area contributed by atoms with E-state index in [4.69, 9.17) is 9.72 Å². The zero-order valence-electron chi connectivity index (χ0n) is 23.2.